The largest absolute Gasteiger partial charge is 0.314 e. The van der Waals surface area contributed by atoms with Crippen molar-refractivity contribution in [3.05, 3.63) is 60.6 Å². The molecule has 3 aromatic rings. The zero-order valence-corrected chi connectivity index (χ0v) is 9.08. The van der Waals surface area contributed by atoms with Crippen LogP contribution in [0.25, 0.3) is 16.6 Å². The van der Waals surface area contributed by atoms with Gasteiger partial charge in [0.25, 0.3) is 0 Å². The molecule has 2 heterocycles. The highest BCUT2D eigenvalue weighted by molar-refractivity contribution is 5.85. The second-order valence-corrected chi connectivity index (χ2v) is 3.77. The van der Waals surface area contributed by atoms with Crippen molar-refractivity contribution in [2.75, 3.05) is 0 Å². The van der Waals surface area contributed by atoms with Crippen molar-refractivity contribution in [1.29, 1.82) is 0 Å². The molecule has 0 bridgehead atoms. The number of para-hydroxylation sites is 1. The Morgan fingerprint density at radius 3 is 2.82 bits per heavy atom. The molecule has 0 atom stereocenters. The Morgan fingerprint density at radius 2 is 1.94 bits per heavy atom. The molecule has 3 rings (SSSR count). The Hall–Kier alpha value is -2.42. The minimum atomic E-state index is 0.453. The van der Waals surface area contributed by atoms with Gasteiger partial charge in [-0.05, 0) is 29.7 Å². The van der Waals surface area contributed by atoms with Gasteiger partial charge in [0.15, 0.2) is 6.29 Å². The van der Waals surface area contributed by atoms with Gasteiger partial charge >= 0.3 is 0 Å². The number of nitrogens with zero attached hydrogens (tertiary/aromatic N) is 2. The summed E-state index contributed by atoms with van der Waals surface area (Å²) in [5, 5.41) is 1.15. The molecule has 0 aliphatic carbocycles. The van der Waals surface area contributed by atoms with Crippen LogP contribution in [-0.4, -0.2) is 15.8 Å². The van der Waals surface area contributed by atoms with E-state index in [0.717, 1.165) is 22.9 Å². The Kier molecular flexibility index (Phi) is 2.22. The van der Waals surface area contributed by atoms with Crippen LogP contribution < -0.4 is 0 Å². The van der Waals surface area contributed by atoms with Crippen molar-refractivity contribution in [3.8, 4) is 5.69 Å². The first-order chi connectivity index (χ1) is 8.40. The lowest BCUT2D eigenvalue weighted by atomic mass is 10.2. The standard InChI is InChI=1S/C14H10N2O/c17-10-12-14(6-3-8-15-12)16-9-7-11-4-1-2-5-13(11)16/h1-10H. The molecule has 0 unspecified atom stereocenters. The summed E-state index contributed by atoms with van der Waals surface area (Å²) in [5.74, 6) is 0. The topological polar surface area (TPSA) is 34.9 Å². The van der Waals surface area contributed by atoms with Crippen LogP contribution >= 0.6 is 0 Å². The third-order valence-electron chi connectivity index (χ3n) is 2.79. The monoisotopic (exact) mass is 222 g/mol. The molecule has 1 aromatic carbocycles. The van der Waals surface area contributed by atoms with Crippen LogP contribution in [0.3, 0.4) is 0 Å². The average Bonchev–Trinajstić information content (AvgIpc) is 2.82. The molecular formula is C14H10N2O. The summed E-state index contributed by atoms with van der Waals surface area (Å²) in [6, 6.07) is 13.8. The highest BCUT2D eigenvalue weighted by Gasteiger charge is 2.07. The Morgan fingerprint density at radius 1 is 1.06 bits per heavy atom. The number of carbonyl (C=O) groups is 1. The van der Waals surface area contributed by atoms with Crippen LogP contribution in [0.5, 0.6) is 0 Å². The van der Waals surface area contributed by atoms with Crippen molar-refractivity contribution in [2.24, 2.45) is 0 Å². The SMILES string of the molecule is O=Cc1ncccc1-n1ccc2ccccc21. The maximum Gasteiger partial charge on any atom is 0.170 e. The summed E-state index contributed by atoms with van der Waals surface area (Å²) < 4.78 is 1.98. The van der Waals surface area contributed by atoms with E-state index in [2.05, 4.69) is 4.98 Å². The van der Waals surface area contributed by atoms with Gasteiger partial charge in [0.05, 0.1) is 11.2 Å². The van der Waals surface area contributed by atoms with E-state index in [1.807, 2.05) is 53.2 Å². The van der Waals surface area contributed by atoms with Gasteiger partial charge in [0.2, 0.25) is 0 Å². The zero-order valence-electron chi connectivity index (χ0n) is 9.08. The molecule has 0 radical (unpaired) electrons. The fourth-order valence-electron chi connectivity index (χ4n) is 2.00. The predicted molar refractivity (Wildman–Crippen MR) is 66.5 cm³/mol. The van der Waals surface area contributed by atoms with Crippen molar-refractivity contribution >= 4 is 17.2 Å². The summed E-state index contributed by atoms with van der Waals surface area (Å²) in [6.45, 7) is 0. The number of hydrogen-bond acceptors (Lipinski definition) is 2. The summed E-state index contributed by atoms with van der Waals surface area (Å²) in [6.07, 6.45) is 4.36. The highest BCUT2D eigenvalue weighted by atomic mass is 16.1. The fourth-order valence-corrected chi connectivity index (χ4v) is 2.00. The maximum atomic E-state index is 11.0. The van der Waals surface area contributed by atoms with E-state index in [-0.39, 0.29) is 0 Å². The van der Waals surface area contributed by atoms with Gasteiger partial charge in [-0.2, -0.15) is 0 Å². The van der Waals surface area contributed by atoms with Gasteiger partial charge < -0.3 is 4.57 Å². The number of benzene rings is 1. The fraction of sp³-hybridized carbons (Fsp3) is 0. The second-order valence-electron chi connectivity index (χ2n) is 3.77. The lowest BCUT2D eigenvalue weighted by molar-refractivity contribution is 0.111. The number of carbonyl (C=O) groups excluding carboxylic acids is 1. The van der Waals surface area contributed by atoms with E-state index in [0.29, 0.717) is 5.69 Å². The third-order valence-corrected chi connectivity index (χ3v) is 2.79. The zero-order chi connectivity index (χ0) is 11.7. The number of aldehydes is 1. The van der Waals surface area contributed by atoms with E-state index < -0.39 is 0 Å². The maximum absolute atomic E-state index is 11.0. The molecular weight excluding hydrogens is 212 g/mol. The first kappa shape index (κ1) is 9.78. The lowest BCUT2D eigenvalue weighted by Gasteiger charge is -2.06. The molecule has 82 valence electrons. The highest BCUT2D eigenvalue weighted by Crippen LogP contribution is 2.20. The lowest BCUT2D eigenvalue weighted by Crippen LogP contribution is -1.99. The Labute approximate surface area is 98.3 Å². The van der Waals surface area contributed by atoms with Gasteiger partial charge in [0.1, 0.15) is 5.69 Å². The van der Waals surface area contributed by atoms with Crippen molar-refractivity contribution in [1.82, 2.24) is 9.55 Å². The number of aromatic nitrogens is 2. The smallest absolute Gasteiger partial charge is 0.170 e. The molecule has 2 aromatic heterocycles. The number of fused-ring (bicyclic) bond motifs is 1. The van der Waals surface area contributed by atoms with Crippen molar-refractivity contribution in [2.45, 2.75) is 0 Å². The minimum absolute atomic E-state index is 0.453. The van der Waals surface area contributed by atoms with Crippen LogP contribution in [0.2, 0.25) is 0 Å². The minimum Gasteiger partial charge on any atom is -0.314 e. The molecule has 3 heteroatoms. The Balaban J connectivity index is 2.31. The molecule has 0 aliphatic rings. The molecule has 0 saturated carbocycles. The van der Waals surface area contributed by atoms with Gasteiger partial charge in [-0.3, -0.25) is 9.78 Å². The second kappa shape index (κ2) is 3.87. The van der Waals surface area contributed by atoms with E-state index in [4.69, 9.17) is 0 Å². The summed E-state index contributed by atoms with van der Waals surface area (Å²) >= 11 is 0. The average molecular weight is 222 g/mol. The van der Waals surface area contributed by atoms with Crippen LogP contribution in [0.15, 0.2) is 54.9 Å². The van der Waals surface area contributed by atoms with E-state index in [1.165, 1.54) is 0 Å². The third kappa shape index (κ3) is 1.52. The van der Waals surface area contributed by atoms with Gasteiger partial charge in [-0.25, -0.2) is 0 Å². The number of pyridine rings is 1. The van der Waals surface area contributed by atoms with Crippen LogP contribution in [-0.2, 0) is 0 Å². The van der Waals surface area contributed by atoms with Crippen LogP contribution in [0, 0.1) is 0 Å². The predicted octanol–water partition coefficient (Wildman–Crippen LogP) is 2.84. The molecule has 0 saturated heterocycles. The quantitative estimate of drug-likeness (QED) is 0.625. The van der Waals surface area contributed by atoms with Crippen molar-refractivity contribution < 1.29 is 4.79 Å². The van der Waals surface area contributed by atoms with Gasteiger partial charge in [-0.1, -0.05) is 18.2 Å². The van der Waals surface area contributed by atoms with Crippen LogP contribution in [0.4, 0.5) is 0 Å². The summed E-state index contributed by atoms with van der Waals surface area (Å²) in [7, 11) is 0. The Bertz CT molecular complexity index is 685. The molecule has 0 fully saturated rings. The normalized spacial score (nSPS) is 10.6. The molecule has 3 nitrogen and oxygen atoms in total. The number of rotatable bonds is 2. The molecule has 0 aliphatic heterocycles. The van der Waals surface area contributed by atoms with Gasteiger partial charge in [0, 0.05) is 12.4 Å². The number of hydrogen-bond donors (Lipinski definition) is 0. The van der Waals surface area contributed by atoms with E-state index in [1.54, 1.807) is 6.20 Å². The first-order valence-electron chi connectivity index (χ1n) is 5.37. The summed E-state index contributed by atoms with van der Waals surface area (Å²) in [4.78, 5) is 15.1. The van der Waals surface area contributed by atoms with E-state index >= 15 is 0 Å². The molecule has 17 heavy (non-hydrogen) atoms. The van der Waals surface area contributed by atoms with Crippen molar-refractivity contribution in [3.63, 3.8) is 0 Å². The van der Waals surface area contributed by atoms with Crippen LogP contribution in [0.1, 0.15) is 10.5 Å². The van der Waals surface area contributed by atoms with E-state index in [9.17, 15) is 4.79 Å². The van der Waals surface area contributed by atoms with Gasteiger partial charge in [-0.15, -0.1) is 0 Å². The molecule has 0 N–H and O–H groups in total. The molecule has 0 amide bonds. The molecule has 0 spiro atoms. The summed E-state index contributed by atoms with van der Waals surface area (Å²) in [5.41, 5.74) is 2.33. The first-order valence-corrected chi connectivity index (χ1v) is 5.37.